The van der Waals surface area contributed by atoms with Gasteiger partial charge in [0.25, 0.3) is 5.91 Å². The molecule has 2 aromatic rings. The van der Waals surface area contributed by atoms with E-state index >= 15 is 0 Å². The summed E-state index contributed by atoms with van der Waals surface area (Å²) in [6.07, 6.45) is 0. The number of carbonyl (C=O) groups is 1. The summed E-state index contributed by atoms with van der Waals surface area (Å²) in [5, 5.41) is 2.89. The number of benzene rings is 2. The summed E-state index contributed by atoms with van der Waals surface area (Å²) in [5.74, 6) is -0.0783. The van der Waals surface area contributed by atoms with Crippen LogP contribution in [0.4, 0.5) is 0 Å². The summed E-state index contributed by atoms with van der Waals surface area (Å²) in [6, 6.07) is 15.2. The van der Waals surface area contributed by atoms with Crippen LogP contribution in [0.3, 0.4) is 0 Å². The number of carbonyl (C=O) groups excluding carboxylic acids is 1. The number of nitrogens with one attached hydrogen (secondary N) is 1. The Kier molecular flexibility index (Phi) is 4.55. The summed E-state index contributed by atoms with van der Waals surface area (Å²) in [5.41, 5.74) is 1.72. The molecule has 0 aromatic heterocycles. The Balaban J connectivity index is 2.01. The first-order valence-electron chi connectivity index (χ1n) is 5.44. The molecule has 1 amide bonds. The first-order chi connectivity index (χ1) is 8.66. The Morgan fingerprint density at radius 3 is 2.33 bits per heavy atom. The zero-order valence-corrected chi connectivity index (χ0v) is 12.7. The van der Waals surface area contributed by atoms with Gasteiger partial charge in [0.2, 0.25) is 0 Å². The lowest BCUT2D eigenvalue weighted by Crippen LogP contribution is -2.23. The quantitative estimate of drug-likeness (QED) is 0.866. The predicted molar refractivity (Wildman–Crippen MR) is 79.5 cm³/mol. The largest absolute Gasteiger partial charge is 0.348 e. The molecule has 0 saturated heterocycles. The van der Waals surface area contributed by atoms with Crippen LogP contribution in [0.25, 0.3) is 0 Å². The smallest absolute Gasteiger partial charge is 0.252 e. The molecule has 0 aliphatic heterocycles. The van der Waals surface area contributed by atoms with Gasteiger partial charge in [-0.05, 0) is 45.8 Å². The van der Waals surface area contributed by atoms with E-state index in [1.807, 2.05) is 42.5 Å². The van der Waals surface area contributed by atoms with Gasteiger partial charge >= 0.3 is 0 Å². The van der Waals surface area contributed by atoms with E-state index in [9.17, 15) is 4.79 Å². The molecule has 0 atom stereocenters. The van der Waals surface area contributed by atoms with Crippen molar-refractivity contribution in [2.24, 2.45) is 0 Å². The van der Waals surface area contributed by atoms with Gasteiger partial charge in [-0.2, -0.15) is 0 Å². The van der Waals surface area contributed by atoms with Gasteiger partial charge in [-0.25, -0.2) is 0 Å². The monoisotopic (exact) mass is 367 g/mol. The molecule has 2 nitrogen and oxygen atoms in total. The van der Waals surface area contributed by atoms with Crippen LogP contribution in [-0.2, 0) is 6.54 Å². The topological polar surface area (TPSA) is 29.1 Å². The van der Waals surface area contributed by atoms with Crippen molar-refractivity contribution in [2.45, 2.75) is 6.54 Å². The van der Waals surface area contributed by atoms with Crippen molar-refractivity contribution in [3.05, 3.63) is 68.6 Å². The normalized spacial score (nSPS) is 10.1. The number of halogens is 2. The van der Waals surface area contributed by atoms with Crippen LogP contribution < -0.4 is 5.32 Å². The molecule has 0 fully saturated rings. The van der Waals surface area contributed by atoms with E-state index in [0.29, 0.717) is 12.1 Å². The van der Waals surface area contributed by atoms with Gasteiger partial charge in [0, 0.05) is 15.5 Å². The Morgan fingerprint density at radius 1 is 1.00 bits per heavy atom. The highest BCUT2D eigenvalue weighted by atomic mass is 79.9. The third-order valence-electron chi connectivity index (χ3n) is 2.48. The molecule has 0 spiro atoms. The minimum absolute atomic E-state index is 0.0783. The Morgan fingerprint density at radius 2 is 1.67 bits per heavy atom. The number of rotatable bonds is 3. The van der Waals surface area contributed by atoms with Crippen LogP contribution >= 0.6 is 31.9 Å². The van der Waals surface area contributed by atoms with Crippen LogP contribution in [0.15, 0.2) is 57.5 Å². The summed E-state index contributed by atoms with van der Waals surface area (Å²) in [4.78, 5) is 12.0. The maximum absolute atomic E-state index is 12.0. The Labute approximate surface area is 123 Å². The van der Waals surface area contributed by atoms with Gasteiger partial charge < -0.3 is 5.32 Å². The van der Waals surface area contributed by atoms with Crippen molar-refractivity contribution in [1.82, 2.24) is 5.32 Å². The van der Waals surface area contributed by atoms with Crippen LogP contribution in [0, 0.1) is 0 Å². The average molecular weight is 369 g/mol. The molecule has 4 heteroatoms. The molecule has 0 aliphatic rings. The van der Waals surface area contributed by atoms with Crippen LogP contribution in [-0.4, -0.2) is 5.91 Å². The number of hydrogen-bond acceptors (Lipinski definition) is 1. The molecular formula is C14H11Br2NO. The summed E-state index contributed by atoms with van der Waals surface area (Å²) < 4.78 is 1.83. The highest BCUT2D eigenvalue weighted by Crippen LogP contribution is 2.16. The lowest BCUT2D eigenvalue weighted by atomic mass is 10.2. The fraction of sp³-hybridized carbons (Fsp3) is 0.0714. The van der Waals surface area contributed by atoms with E-state index in [4.69, 9.17) is 0 Å². The van der Waals surface area contributed by atoms with Gasteiger partial charge in [0.1, 0.15) is 0 Å². The summed E-state index contributed by atoms with van der Waals surface area (Å²) >= 11 is 6.74. The number of hydrogen-bond donors (Lipinski definition) is 1. The number of amides is 1. The van der Waals surface area contributed by atoms with E-state index in [1.165, 1.54) is 0 Å². The molecule has 18 heavy (non-hydrogen) atoms. The molecule has 0 aliphatic carbocycles. The lowest BCUT2D eigenvalue weighted by molar-refractivity contribution is 0.0950. The lowest BCUT2D eigenvalue weighted by Gasteiger charge is -2.07. The molecule has 0 saturated carbocycles. The minimum Gasteiger partial charge on any atom is -0.348 e. The van der Waals surface area contributed by atoms with E-state index in [0.717, 1.165) is 14.5 Å². The van der Waals surface area contributed by atoms with Gasteiger partial charge in [-0.3, -0.25) is 4.79 Å². The zero-order valence-electron chi connectivity index (χ0n) is 9.49. The van der Waals surface area contributed by atoms with Gasteiger partial charge in [-0.15, -0.1) is 0 Å². The molecule has 0 bridgehead atoms. The van der Waals surface area contributed by atoms with Crippen molar-refractivity contribution in [1.29, 1.82) is 0 Å². The fourth-order valence-corrected chi connectivity index (χ4v) is 2.25. The standard InChI is InChI=1S/C14H11Br2NO/c15-11-7-5-10(6-8-11)9-17-14(18)12-3-1-2-4-13(12)16/h1-8H,9H2,(H,17,18). The molecule has 0 unspecified atom stereocenters. The van der Waals surface area contributed by atoms with Crippen molar-refractivity contribution in [3.8, 4) is 0 Å². The Hall–Kier alpha value is -1.13. The zero-order chi connectivity index (χ0) is 13.0. The van der Waals surface area contributed by atoms with Gasteiger partial charge in [0.15, 0.2) is 0 Å². The molecule has 2 rings (SSSR count). The Bertz CT molecular complexity index is 552. The molecule has 0 radical (unpaired) electrons. The van der Waals surface area contributed by atoms with Crippen molar-refractivity contribution in [2.75, 3.05) is 0 Å². The average Bonchev–Trinajstić information content (AvgIpc) is 2.38. The van der Waals surface area contributed by atoms with E-state index in [-0.39, 0.29) is 5.91 Å². The van der Waals surface area contributed by atoms with Crippen LogP contribution in [0.2, 0.25) is 0 Å². The third-order valence-corrected chi connectivity index (χ3v) is 3.70. The maximum atomic E-state index is 12.0. The van der Waals surface area contributed by atoms with Gasteiger partial charge in [0.05, 0.1) is 5.56 Å². The second kappa shape index (κ2) is 6.16. The SMILES string of the molecule is O=C(NCc1ccc(Br)cc1)c1ccccc1Br. The molecule has 0 heterocycles. The fourth-order valence-electron chi connectivity index (χ4n) is 1.53. The molecular weight excluding hydrogens is 358 g/mol. The van der Waals surface area contributed by atoms with Crippen LogP contribution in [0.5, 0.6) is 0 Å². The predicted octanol–water partition coefficient (Wildman–Crippen LogP) is 4.14. The van der Waals surface area contributed by atoms with Gasteiger partial charge in [-0.1, -0.05) is 40.2 Å². The second-order valence-electron chi connectivity index (χ2n) is 3.79. The van der Waals surface area contributed by atoms with E-state index in [1.54, 1.807) is 6.07 Å². The first-order valence-corrected chi connectivity index (χ1v) is 7.02. The third kappa shape index (κ3) is 3.43. The van der Waals surface area contributed by atoms with Crippen molar-refractivity contribution >= 4 is 37.8 Å². The molecule has 92 valence electrons. The molecule has 2 aromatic carbocycles. The maximum Gasteiger partial charge on any atom is 0.252 e. The van der Waals surface area contributed by atoms with E-state index in [2.05, 4.69) is 37.2 Å². The summed E-state index contributed by atoms with van der Waals surface area (Å²) in [6.45, 7) is 0.521. The highest BCUT2D eigenvalue weighted by Gasteiger charge is 2.08. The van der Waals surface area contributed by atoms with E-state index < -0.39 is 0 Å². The first kappa shape index (κ1) is 13.3. The summed E-state index contributed by atoms with van der Waals surface area (Å²) in [7, 11) is 0. The highest BCUT2D eigenvalue weighted by molar-refractivity contribution is 9.10. The minimum atomic E-state index is -0.0783. The molecule has 1 N–H and O–H groups in total. The van der Waals surface area contributed by atoms with Crippen LogP contribution in [0.1, 0.15) is 15.9 Å². The van der Waals surface area contributed by atoms with Crippen molar-refractivity contribution in [3.63, 3.8) is 0 Å². The second-order valence-corrected chi connectivity index (χ2v) is 5.56. The van der Waals surface area contributed by atoms with Crippen molar-refractivity contribution < 1.29 is 4.79 Å².